The van der Waals surface area contributed by atoms with Crippen LogP contribution in [-0.4, -0.2) is 25.0 Å². The SMILES string of the molecule is CCCCS(=O)(=O)N(CC)Cc1ccccc1Cl. The van der Waals surface area contributed by atoms with E-state index in [4.69, 9.17) is 11.6 Å². The highest BCUT2D eigenvalue weighted by atomic mass is 35.5. The Bertz CT molecular complexity index is 474. The number of benzene rings is 1. The Morgan fingerprint density at radius 1 is 1.22 bits per heavy atom. The van der Waals surface area contributed by atoms with Crippen molar-refractivity contribution < 1.29 is 8.42 Å². The Balaban J connectivity index is 2.82. The molecule has 102 valence electrons. The third kappa shape index (κ3) is 4.26. The lowest BCUT2D eigenvalue weighted by Gasteiger charge is -2.21. The molecule has 0 N–H and O–H groups in total. The molecule has 0 unspecified atom stereocenters. The van der Waals surface area contributed by atoms with Crippen LogP contribution in [-0.2, 0) is 16.6 Å². The summed E-state index contributed by atoms with van der Waals surface area (Å²) in [5.74, 6) is 0.210. The molecular formula is C13H20ClNO2S. The van der Waals surface area contributed by atoms with Gasteiger partial charge in [-0.05, 0) is 18.1 Å². The molecule has 0 radical (unpaired) electrons. The predicted molar refractivity (Wildman–Crippen MR) is 76.2 cm³/mol. The minimum absolute atomic E-state index is 0.210. The van der Waals surface area contributed by atoms with Crippen molar-refractivity contribution in [2.24, 2.45) is 0 Å². The standard InChI is InChI=1S/C13H20ClNO2S/c1-3-5-10-18(16,17)15(4-2)11-12-8-6-7-9-13(12)14/h6-9H,3-5,10-11H2,1-2H3. The second-order valence-corrected chi connectivity index (χ2v) is 6.68. The van der Waals surface area contributed by atoms with Crippen molar-refractivity contribution in [1.29, 1.82) is 0 Å². The molecule has 0 amide bonds. The summed E-state index contributed by atoms with van der Waals surface area (Å²) < 4.78 is 25.7. The van der Waals surface area contributed by atoms with Gasteiger partial charge in [-0.3, -0.25) is 0 Å². The number of sulfonamides is 1. The minimum Gasteiger partial charge on any atom is -0.212 e. The van der Waals surface area contributed by atoms with Crippen molar-refractivity contribution >= 4 is 21.6 Å². The molecule has 18 heavy (non-hydrogen) atoms. The normalized spacial score (nSPS) is 12.0. The zero-order chi connectivity index (χ0) is 13.6. The molecular weight excluding hydrogens is 270 g/mol. The molecule has 5 heteroatoms. The monoisotopic (exact) mass is 289 g/mol. The summed E-state index contributed by atoms with van der Waals surface area (Å²) in [6.07, 6.45) is 1.57. The van der Waals surface area contributed by atoms with Crippen LogP contribution in [0.5, 0.6) is 0 Å². The van der Waals surface area contributed by atoms with E-state index < -0.39 is 10.0 Å². The Hall–Kier alpha value is -0.580. The van der Waals surface area contributed by atoms with Gasteiger partial charge in [0, 0.05) is 18.1 Å². The number of hydrogen-bond acceptors (Lipinski definition) is 2. The molecule has 3 nitrogen and oxygen atoms in total. The van der Waals surface area contributed by atoms with Crippen molar-refractivity contribution in [2.45, 2.75) is 33.2 Å². The van der Waals surface area contributed by atoms with Gasteiger partial charge in [0.1, 0.15) is 0 Å². The van der Waals surface area contributed by atoms with Gasteiger partial charge in [-0.1, -0.05) is 50.1 Å². The molecule has 0 aromatic heterocycles. The summed E-state index contributed by atoms with van der Waals surface area (Å²) in [4.78, 5) is 0. The average Bonchev–Trinajstić information content (AvgIpc) is 2.35. The van der Waals surface area contributed by atoms with E-state index in [0.717, 1.165) is 12.0 Å². The summed E-state index contributed by atoms with van der Waals surface area (Å²) in [5, 5.41) is 0.613. The summed E-state index contributed by atoms with van der Waals surface area (Å²) in [7, 11) is -3.17. The van der Waals surface area contributed by atoms with E-state index in [1.165, 1.54) is 4.31 Å². The summed E-state index contributed by atoms with van der Waals surface area (Å²) >= 11 is 6.06. The van der Waals surface area contributed by atoms with Crippen LogP contribution in [0.4, 0.5) is 0 Å². The van der Waals surface area contributed by atoms with Gasteiger partial charge in [0.15, 0.2) is 0 Å². The number of unbranched alkanes of at least 4 members (excludes halogenated alkanes) is 1. The predicted octanol–water partition coefficient (Wildman–Crippen LogP) is 3.29. The first-order valence-corrected chi connectivity index (χ1v) is 8.21. The second kappa shape index (κ2) is 7.12. The Labute approximate surface area is 115 Å². The number of rotatable bonds is 7. The third-order valence-electron chi connectivity index (χ3n) is 2.81. The largest absolute Gasteiger partial charge is 0.214 e. The van der Waals surface area contributed by atoms with E-state index in [0.29, 0.717) is 24.5 Å². The number of nitrogens with zero attached hydrogens (tertiary/aromatic N) is 1. The molecule has 1 rings (SSSR count). The van der Waals surface area contributed by atoms with Gasteiger partial charge in [0.25, 0.3) is 0 Å². The maximum absolute atomic E-state index is 12.1. The first kappa shape index (κ1) is 15.5. The van der Waals surface area contributed by atoms with E-state index in [1.807, 2.05) is 32.0 Å². The maximum Gasteiger partial charge on any atom is 0.214 e. The Morgan fingerprint density at radius 3 is 2.44 bits per heavy atom. The lowest BCUT2D eigenvalue weighted by Crippen LogP contribution is -2.32. The topological polar surface area (TPSA) is 37.4 Å². The molecule has 0 aliphatic rings. The van der Waals surface area contributed by atoms with Crippen LogP contribution >= 0.6 is 11.6 Å². The fourth-order valence-corrected chi connectivity index (χ4v) is 3.52. The Kier molecular flexibility index (Phi) is 6.12. The molecule has 0 saturated heterocycles. The van der Waals surface area contributed by atoms with Crippen LogP contribution in [0.3, 0.4) is 0 Å². The molecule has 0 aliphatic carbocycles. The van der Waals surface area contributed by atoms with Crippen molar-refractivity contribution in [3.63, 3.8) is 0 Å². The average molecular weight is 290 g/mol. The highest BCUT2D eigenvalue weighted by Gasteiger charge is 2.20. The maximum atomic E-state index is 12.1. The van der Waals surface area contributed by atoms with Crippen LogP contribution in [0.15, 0.2) is 24.3 Å². The van der Waals surface area contributed by atoms with Crippen molar-refractivity contribution in [3.8, 4) is 0 Å². The van der Waals surface area contributed by atoms with Gasteiger partial charge >= 0.3 is 0 Å². The van der Waals surface area contributed by atoms with Crippen LogP contribution in [0.1, 0.15) is 32.3 Å². The smallest absolute Gasteiger partial charge is 0.212 e. The molecule has 0 atom stereocenters. The molecule has 1 aromatic rings. The fourth-order valence-electron chi connectivity index (χ4n) is 1.68. The van der Waals surface area contributed by atoms with Gasteiger partial charge in [0.2, 0.25) is 10.0 Å². The van der Waals surface area contributed by atoms with Crippen molar-refractivity contribution in [3.05, 3.63) is 34.9 Å². The van der Waals surface area contributed by atoms with Gasteiger partial charge in [-0.25, -0.2) is 8.42 Å². The molecule has 0 aliphatic heterocycles. The first-order valence-electron chi connectivity index (χ1n) is 6.22. The van der Waals surface area contributed by atoms with Crippen LogP contribution in [0.2, 0.25) is 5.02 Å². The van der Waals surface area contributed by atoms with Crippen LogP contribution in [0, 0.1) is 0 Å². The quantitative estimate of drug-likeness (QED) is 0.772. The Morgan fingerprint density at radius 2 is 1.89 bits per heavy atom. The molecule has 0 saturated carbocycles. The molecule has 0 bridgehead atoms. The lowest BCUT2D eigenvalue weighted by molar-refractivity contribution is 0.422. The molecule has 0 fully saturated rings. The van der Waals surface area contributed by atoms with Crippen molar-refractivity contribution in [1.82, 2.24) is 4.31 Å². The van der Waals surface area contributed by atoms with Gasteiger partial charge < -0.3 is 0 Å². The lowest BCUT2D eigenvalue weighted by atomic mass is 10.2. The molecule has 0 heterocycles. The summed E-state index contributed by atoms with van der Waals surface area (Å²) in [5.41, 5.74) is 0.848. The van der Waals surface area contributed by atoms with E-state index in [1.54, 1.807) is 6.07 Å². The van der Waals surface area contributed by atoms with Gasteiger partial charge in [0.05, 0.1) is 5.75 Å². The fraction of sp³-hybridized carbons (Fsp3) is 0.538. The number of hydrogen-bond donors (Lipinski definition) is 0. The third-order valence-corrected chi connectivity index (χ3v) is 5.15. The van der Waals surface area contributed by atoms with E-state index in [9.17, 15) is 8.42 Å². The number of halogens is 1. The van der Waals surface area contributed by atoms with Crippen molar-refractivity contribution in [2.75, 3.05) is 12.3 Å². The molecule has 0 spiro atoms. The zero-order valence-corrected chi connectivity index (χ0v) is 12.5. The highest BCUT2D eigenvalue weighted by molar-refractivity contribution is 7.89. The van der Waals surface area contributed by atoms with Crippen LogP contribution in [0.25, 0.3) is 0 Å². The van der Waals surface area contributed by atoms with Gasteiger partial charge in [-0.15, -0.1) is 0 Å². The highest BCUT2D eigenvalue weighted by Crippen LogP contribution is 2.19. The second-order valence-electron chi connectivity index (χ2n) is 4.19. The summed E-state index contributed by atoms with van der Waals surface area (Å²) in [6.45, 7) is 4.65. The van der Waals surface area contributed by atoms with E-state index in [2.05, 4.69) is 0 Å². The zero-order valence-electron chi connectivity index (χ0n) is 10.9. The van der Waals surface area contributed by atoms with E-state index in [-0.39, 0.29) is 5.75 Å². The van der Waals surface area contributed by atoms with E-state index >= 15 is 0 Å². The summed E-state index contributed by atoms with van der Waals surface area (Å²) in [6, 6.07) is 7.35. The molecule has 1 aromatic carbocycles. The van der Waals surface area contributed by atoms with Crippen LogP contribution < -0.4 is 0 Å². The van der Waals surface area contributed by atoms with Gasteiger partial charge in [-0.2, -0.15) is 4.31 Å². The minimum atomic E-state index is -3.17. The first-order chi connectivity index (χ1) is 8.51.